The number of amides is 3. The standard InChI is InChI=1S/C29H43N3O4/c1-19(2)17-26-24-18-21-11-7-8-12-22(21)23(24)14-16-32(26)27(34)25(13-9-10-15-30-20(3)33)31-28(35)36-29(4,5)6/h7-8,11-12,19,25-26H,9-10,13-18H2,1-6H3,(H,30,33)(H,31,35)/t25-,26?/m0/s1. The smallest absolute Gasteiger partial charge is 0.408 e. The number of unbranched alkanes of at least 4 members (excludes halogenated alkanes) is 1. The number of hydrogen-bond donors (Lipinski definition) is 2. The van der Waals surface area contributed by atoms with Crippen molar-refractivity contribution in [2.45, 2.75) is 97.8 Å². The molecule has 1 aromatic rings. The lowest BCUT2D eigenvalue weighted by atomic mass is 9.87. The Morgan fingerprint density at radius 2 is 1.86 bits per heavy atom. The highest BCUT2D eigenvalue weighted by Crippen LogP contribution is 2.42. The molecule has 2 N–H and O–H groups in total. The minimum absolute atomic E-state index is 0.0240. The number of carbonyl (C=O) groups is 3. The highest BCUT2D eigenvalue weighted by atomic mass is 16.6. The van der Waals surface area contributed by atoms with E-state index in [1.807, 2.05) is 25.7 Å². The number of alkyl carbamates (subject to hydrolysis) is 1. The van der Waals surface area contributed by atoms with Crippen LogP contribution >= 0.6 is 0 Å². The predicted molar refractivity (Wildman–Crippen MR) is 142 cm³/mol. The van der Waals surface area contributed by atoms with Gasteiger partial charge in [0.1, 0.15) is 11.6 Å². The summed E-state index contributed by atoms with van der Waals surface area (Å²) in [4.78, 5) is 39.8. The highest BCUT2D eigenvalue weighted by molar-refractivity contribution is 5.88. The lowest BCUT2D eigenvalue weighted by Gasteiger charge is -2.40. The number of benzene rings is 1. The molecular weight excluding hydrogens is 454 g/mol. The second-order valence-corrected chi connectivity index (χ2v) is 11.4. The molecule has 7 nitrogen and oxygen atoms in total. The lowest BCUT2D eigenvalue weighted by molar-refractivity contribution is -0.136. The number of fused-ring (bicyclic) bond motifs is 2. The molecule has 3 amide bonds. The van der Waals surface area contributed by atoms with Gasteiger partial charge < -0.3 is 20.3 Å². The average Bonchev–Trinajstić information content (AvgIpc) is 3.15. The minimum Gasteiger partial charge on any atom is -0.444 e. The number of carbonyl (C=O) groups excluding carboxylic acids is 3. The summed E-state index contributed by atoms with van der Waals surface area (Å²) in [7, 11) is 0. The van der Waals surface area contributed by atoms with Crippen molar-refractivity contribution in [2.75, 3.05) is 13.1 Å². The largest absolute Gasteiger partial charge is 0.444 e. The van der Waals surface area contributed by atoms with E-state index >= 15 is 0 Å². The van der Waals surface area contributed by atoms with Crippen LogP contribution in [0, 0.1) is 5.92 Å². The number of rotatable bonds is 9. The van der Waals surface area contributed by atoms with Crippen LogP contribution < -0.4 is 10.6 Å². The van der Waals surface area contributed by atoms with E-state index < -0.39 is 17.7 Å². The van der Waals surface area contributed by atoms with Crippen molar-refractivity contribution in [3.8, 4) is 0 Å². The first kappa shape index (κ1) is 27.8. The maximum atomic E-state index is 14.0. The van der Waals surface area contributed by atoms with E-state index in [-0.39, 0.29) is 17.9 Å². The third-order valence-corrected chi connectivity index (χ3v) is 6.75. The molecule has 0 saturated heterocycles. The molecule has 1 aliphatic heterocycles. The number of ether oxygens (including phenoxy) is 1. The molecule has 1 heterocycles. The maximum Gasteiger partial charge on any atom is 0.408 e. The molecule has 3 rings (SSSR count). The summed E-state index contributed by atoms with van der Waals surface area (Å²) in [6.45, 7) is 12.5. The second kappa shape index (κ2) is 11.9. The molecule has 0 spiro atoms. The third kappa shape index (κ3) is 7.34. The molecule has 36 heavy (non-hydrogen) atoms. The Morgan fingerprint density at radius 1 is 1.14 bits per heavy atom. The van der Waals surface area contributed by atoms with E-state index in [1.165, 1.54) is 29.2 Å². The molecule has 0 radical (unpaired) electrons. The van der Waals surface area contributed by atoms with E-state index in [0.29, 0.717) is 31.8 Å². The van der Waals surface area contributed by atoms with Crippen LogP contribution in [-0.2, 0) is 20.7 Å². The van der Waals surface area contributed by atoms with Gasteiger partial charge in [-0.25, -0.2) is 4.79 Å². The van der Waals surface area contributed by atoms with Crippen molar-refractivity contribution < 1.29 is 19.1 Å². The Hall–Kier alpha value is -2.83. The second-order valence-electron chi connectivity index (χ2n) is 11.4. The quantitative estimate of drug-likeness (QED) is 0.478. The number of hydrogen-bond acceptors (Lipinski definition) is 4. The molecule has 1 unspecified atom stereocenters. The Morgan fingerprint density at radius 3 is 2.53 bits per heavy atom. The first-order chi connectivity index (χ1) is 17.0. The summed E-state index contributed by atoms with van der Waals surface area (Å²) in [6.07, 6.45) is 3.96. The van der Waals surface area contributed by atoms with Gasteiger partial charge >= 0.3 is 6.09 Å². The molecular formula is C29H43N3O4. The van der Waals surface area contributed by atoms with Crippen LogP contribution in [0.2, 0.25) is 0 Å². The summed E-state index contributed by atoms with van der Waals surface area (Å²) >= 11 is 0. The molecule has 0 saturated carbocycles. The molecule has 198 valence electrons. The number of nitrogens with one attached hydrogen (secondary N) is 2. The van der Waals surface area contributed by atoms with Crippen LogP contribution in [0.4, 0.5) is 4.79 Å². The van der Waals surface area contributed by atoms with Gasteiger partial charge in [-0.05, 0) is 87.5 Å². The van der Waals surface area contributed by atoms with Gasteiger partial charge in [-0.1, -0.05) is 38.1 Å². The van der Waals surface area contributed by atoms with Gasteiger partial charge in [0.2, 0.25) is 11.8 Å². The molecule has 0 bridgehead atoms. The summed E-state index contributed by atoms with van der Waals surface area (Å²) in [5.41, 5.74) is 4.77. The van der Waals surface area contributed by atoms with Gasteiger partial charge in [-0.2, -0.15) is 0 Å². The topological polar surface area (TPSA) is 87.7 Å². The zero-order valence-electron chi connectivity index (χ0n) is 22.8. The predicted octanol–water partition coefficient (Wildman–Crippen LogP) is 4.84. The van der Waals surface area contributed by atoms with Crippen LogP contribution in [0.3, 0.4) is 0 Å². The molecule has 0 aromatic heterocycles. The third-order valence-electron chi connectivity index (χ3n) is 6.75. The monoisotopic (exact) mass is 497 g/mol. The highest BCUT2D eigenvalue weighted by Gasteiger charge is 2.39. The van der Waals surface area contributed by atoms with E-state index in [4.69, 9.17) is 4.74 Å². The lowest BCUT2D eigenvalue weighted by Crippen LogP contribution is -2.54. The maximum absolute atomic E-state index is 14.0. The van der Waals surface area contributed by atoms with Gasteiger partial charge in [-0.15, -0.1) is 0 Å². The van der Waals surface area contributed by atoms with Gasteiger partial charge in [-0.3, -0.25) is 9.59 Å². The molecule has 7 heteroatoms. The van der Waals surface area contributed by atoms with Crippen molar-refractivity contribution >= 4 is 23.5 Å². The molecule has 2 aliphatic rings. The fourth-order valence-electron chi connectivity index (χ4n) is 5.27. The SMILES string of the molecule is CC(=O)NCCCC[C@H](NC(=O)OC(C)(C)C)C(=O)N1CCC2=C(Cc3ccccc32)C1CC(C)C. The van der Waals surface area contributed by atoms with Gasteiger partial charge in [0.25, 0.3) is 0 Å². The van der Waals surface area contributed by atoms with Crippen LogP contribution in [-0.4, -0.2) is 53.6 Å². The van der Waals surface area contributed by atoms with Gasteiger partial charge in [0.05, 0.1) is 6.04 Å². The van der Waals surface area contributed by atoms with Crippen molar-refractivity contribution in [1.82, 2.24) is 15.5 Å². The van der Waals surface area contributed by atoms with Crippen molar-refractivity contribution in [2.24, 2.45) is 5.92 Å². The van der Waals surface area contributed by atoms with Gasteiger partial charge in [0, 0.05) is 20.0 Å². The molecule has 2 atom stereocenters. The first-order valence-electron chi connectivity index (χ1n) is 13.3. The minimum atomic E-state index is -0.669. The molecule has 1 aromatic carbocycles. The van der Waals surface area contributed by atoms with Gasteiger partial charge in [0.15, 0.2) is 0 Å². The Labute approximate surface area is 216 Å². The molecule has 1 aliphatic carbocycles. The molecule has 0 fully saturated rings. The summed E-state index contributed by atoms with van der Waals surface area (Å²) < 4.78 is 5.48. The zero-order valence-corrected chi connectivity index (χ0v) is 22.8. The van der Waals surface area contributed by atoms with E-state index in [2.05, 4.69) is 48.7 Å². The summed E-state index contributed by atoms with van der Waals surface area (Å²) in [6, 6.07) is 7.91. The Bertz CT molecular complexity index is 992. The Balaban J connectivity index is 1.79. The van der Waals surface area contributed by atoms with Crippen molar-refractivity contribution in [3.63, 3.8) is 0 Å². The first-order valence-corrected chi connectivity index (χ1v) is 13.3. The number of nitrogens with zero attached hydrogens (tertiary/aromatic N) is 1. The van der Waals surface area contributed by atoms with Crippen LogP contribution in [0.25, 0.3) is 5.57 Å². The summed E-state index contributed by atoms with van der Waals surface area (Å²) in [5.74, 6) is 0.310. The van der Waals surface area contributed by atoms with E-state index in [9.17, 15) is 14.4 Å². The van der Waals surface area contributed by atoms with E-state index in [0.717, 1.165) is 25.7 Å². The zero-order chi connectivity index (χ0) is 26.5. The van der Waals surface area contributed by atoms with Crippen molar-refractivity contribution in [3.05, 3.63) is 41.0 Å². The normalized spacial score (nSPS) is 18.0. The summed E-state index contributed by atoms with van der Waals surface area (Å²) in [5, 5.41) is 5.66. The van der Waals surface area contributed by atoms with Crippen LogP contribution in [0.1, 0.15) is 84.8 Å². The fourth-order valence-corrected chi connectivity index (χ4v) is 5.27. The van der Waals surface area contributed by atoms with Crippen LogP contribution in [0.5, 0.6) is 0 Å². The Kier molecular flexibility index (Phi) is 9.20. The van der Waals surface area contributed by atoms with Crippen molar-refractivity contribution in [1.29, 1.82) is 0 Å². The average molecular weight is 498 g/mol. The fraction of sp³-hybridized carbons (Fsp3) is 0.621. The van der Waals surface area contributed by atoms with E-state index in [1.54, 1.807) is 0 Å². The van der Waals surface area contributed by atoms with Crippen LogP contribution in [0.15, 0.2) is 29.8 Å².